The Morgan fingerprint density at radius 3 is 2.20 bits per heavy atom. The van der Waals surface area contributed by atoms with Gasteiger partial charge in [0.15, 0.2) is 0 Å². The molecule has 0 unspecified atom stereocenters. The molecule has 10 heavy (non-hydrogen) atoms. The maximum Gasteiger partial charge on any atom is -0.000825 e. The van der Waals surface area contributed by atoms with E-state index in [0.717, 1.165) is 5.92 Å². The smallest absolute Gasteiger partial charge is 0.000825 e. The van der Waals surface area contributed by atoms with E-state index < -0.39 is 0 Å². The van der Waals surface area contributed by atoms with Crippen LogP contribution in [0.1, 0.15) is 33.6 Å². The highest BCUT2D eigenvalue weighted by Gasteiger charge is 2.19. The first-order valence-electron chi connectivity index (χ1n) is 4.29. The van der Waals surface area contributed by atoms with Crippen LogP contribution in [-0.4, -0.2) is 13.1 Å². The Balaban J connectivity index is 2.04. The first-order valence-corrected chi connectivity index (χ1v) is 4.29. The Morgan fingerprint density at radius 2 is 1.90 bits per heavy atom. The molecule has 0 atom stereocenters. The lowest BCUT2D eigenvalue weighted by atomic mass is 9.85. The van der Waals surface area contributed by atoms with Crippen molar-refractivity contribution in [2.24, 2.45) is 11.3 Å². The normalized spacial score (nSPS) is 20.7. The zero-order valence-corrected chi connectivity index (χ0v) is 7.41. The molecule has 0 saturated carbocycles. The zero-order chi connectivity index (χ0) is 7.61. The Hall–Kier alpha value is -0.0400. The van der Waals surface area contributed by atoms with Crippen LogP contribution in [0.4, 0.5) is 0 Å². The van der Waals surface area contributed by atoms with E-state index in [1.807, 2.05) is 0 Å². The molecule has 1 aliphatic heterocycles. The molecular weight excluding hydrogens is 122 g/mol. The number of hydrogen-bond donors (Lipinski definition) is 1. The van der Waals surface area contributed by atoms with Crippen LogP contribution < -0.4 is 5.32 Å². The molecular formula is C9H19N. The minimum Gasteiger partial charge on any atom is -0.316 e. The lowest BCUT2D eigenvalue weighted by Gasteiger charge is -2.29. The molecule has 1 nitrogen and oxygen atoms in total. The molecule has 0 amide bonds. The minimum absolute atomic E-state index is 0.537. The SMILES string of the molecule is CC(C)(C)CCC1CNC1. The molecule has 1 saturated heterocycles. The minimum atomic E-state index is 0.537. The van der Waals surface area contributed by atoms with Crippen molar-refractivity contribution in [1.82, 2.24) is 5.32 Å². The van der Waals surface area contributed by atoms with Crippen molar-refractivity contribution in [1.29, 1.82) is 0 Å². The van der Waals surface area contributed by atoms with Crippen LogP contribution in [0.25, 0.3) is 0 Å². The first-order chi connectivity index (χ1) is 4.58. The summed E-state index contributed by atoms with van der Waals surface area (Å²) >= 11 is 0. The van der Waals surface area contributed by atoms with Crippen LogP contribution in [0.2, 0.25) is 0 Å². The Kier molecular flexibility index (Phi) is 2.35. The van der Waals surface area contributed by atoms with E-state index >= 15 is 0 Å². The van der Waals surface area contributed by atoms with Crippen molar-refractivity contribution in [3.05, 3.63) is 0 Å². The molecule has 1 fully saturated rings. The van der Waals surface area contributed by atoms with Gasteiger partial charge in [0, 0.05) is 0 Å². The third kappa shape index (κ3) is 2.70. The zero-order valence-electron chi connectivity index (χ0n) is 7.41. The second-order valence-corrected chi connectivity index (χ2v) is 4.62. The summed E-state index contributed by atoms with van der Waals surface area (Å²) in [5.74, 6) is 0.985. The van der Waals surface area contributed by atoms with Crippen LogP contribution in [-0.2, 0) is 0 Å². The maximum atomic E-state index is 3.30. The molecule has 0 aromatic carbocycles. The van der Waals surface area contributed by atoms with Gasteiger partial charge < -0.3 is 5.32 Å². The van der Waals surface area contributed by atoms with Gasteiger partial charge in [0.25, 0.3) is 0 Å². The van der Waals surface area contributed by atoms with Gasteiger partial charge in [-0.1, -0.05) is 20.8 Å². The summed E-state index contributed by atoms with van der Waals surface area (Å²) in [6, 6.07) is 0. The molecule has 1 heterocycles. The third-order valence-corrected chi connectivity index (χ3v) is 2.17. The maximum absolute atomic E-state index is 3.30. The van der Waals surface area contributed by atoms with Crippen LogP contribution in [0.15, 0.2) is 0 Å². The molecule has 0 aromatic rings. The third-order valence-electron chi connectivity index (χ3n) is 2.17. The summed E-state index contributed by atoms with van der Waals surface area (Å²) in [5, 5.41) is 3.30. The predicted molar refractivity (Wildman–Crippen MR) is 45.0 cm³/mol. The number of nitrogens with one attached hydrogen (secondary N) is 1. The fraction of sp³-hybridized carbons (Fsp3) is 1.00. The van der Waals surface area contributed by atoms with Crippen LogP contribution >= 0.6 is 0 Å². The molecule has 1 heteroatoms. The molecule has 1 rings (SSSR count). The molecule has 60 valence electrons. The summed E-state index contributed by atoms with van der Waals surface area (Å²) in [5.41, 5.74) is 0.537. The average molecular weight is 141 g/mol. The molecule has 0 aliphatic carbocycles. The average Bonchev–Trinajstić information content (AvgIpc) is 1.56. The number of hydrogen-bond acceptors (Lipinski definition) is 1. The van der Waals surface area contributed by atoms with Crippen LogP contribution in [0.5, 0.6) is 0 Å². The van der Waals surface area contributed by atoms with Crippen molar-refractivity contribution in [3.8, 4) is 0 Å². The second-order valence-electron chi connectivity index (χ2n) is 4.62. The van der Waals surface area contributed by atoms with E-state index in [2.05, 4.69) is 26.1 Å². The van der Waals surface area contributed by atoms with Crippen molar-refractivity contribution in [2.45, 2.75) is 33.6 Å². The Labute approximate surface area is 64.2 Å². The van der Waals surface area contributed by atoms with E-state index in [0.29, 0.717) is 5.41 Å². The van der Waals surface area contributed by atoms with Crippen molar-refractivity contribution in [2.75, 3.05) is 13.1 Å². The van der Waals surface area contributed by atoms with Gasteiger partial charge >= 0.3 is 0 Å². The Morgan fingerprint density at radius 1 is 1.30 bits per heavy atom. The molecule has 0 spiro atoms. The lowest BCUT2D eigenvalue weighted by Crippen LogP contribution is -2.42. The fourth-order valence-corrected chi connectivity index (χ4v) is 1.19. The second kappa shape index (κ2) is 2.91. The van der Waals surface area contributed by atoms with Gasteiger partial charge in [-0.05, 0) is 37.3 Å². The van der Waals surface area contributed by atoms with E-state index in [1.165, 1.54) is 25.9 Å². The monoisotopic (exact) mass is 141 g/mol. The van der Waals surface area contributed by atoms with Gasteiger partial charge in [-0.2, -0.15) is 0 Å². The van der Waals surface area contributed by atoms with Gasteiger partial charge in [0.1, 0.15) is 0 Å². The predicted octanol–water partition coefficient (Wildman–Crippen LogP) is 2.03. The van der Waals surface area contributed by atoms with E-state index in [-0.39, 0.29) is 0 Å². The van der Waals surface area contributed by atoms with E-state index in [4.69, 9.17) is 0 Å². The molecule has 0 bridgehead atoms. The van der Waals surface area contributed by atoms with Crippen molar-refractivity contribution in [3.63, 3.8) is 0 Å². The van der Waals surface area contributed by atoms with Gasteiger partial charge in [0.05, 0.1) is 0 Å². The topological polar surface area (TPSA) is 12.0 Å². The highest BCUT2D eigenvalue weighted by Crippen LogP contribution is 2.24. The van der Waals surface area contributed by atoms with Crippen LogP contribution in [0, 0.1) is 11.3 Å². The van der Waals surface area contributed by atoms with E-state index in [9.17, 15) is 0 Å². The van der Waals surface area contributed by atoms with E-state index in [1.54, 1.807) is 0 Å². The standard InChI is InChI=1S/C9H19N/c1-9(2,3)5-4-8-6-10-7-8/h8,10H,4-7H2,1-3H3. The van der Waals surface area contributed by atoms with Crippen LogP contribution in [0.3, 0.4) is 0 Å². The molecule has 0 aromatic heterocycles. The molecule has 0 radical (unpaired) electrons. The highest BCUT2D eigenvalue weighted by molar-refractivity contribution is 4.76. The summed E-state index contributed by atoms with van der Waals surface area (Å²) in [6.07, 6.45) is 2.79. The van der Waals surface area contributed by atoms with Gasteiger partial charge in [-0.15, -0.1) is 0 Å². The largest absolute Gasteiger partial charge is 0.316 e. The van der Waals surface area contributed by atoms with Crippen molar-refractivity contribution >= 4 is 0 Å². The van der Waals surface area contributed by atoms with Gasteiger partial charge in [-0.3, -0.25) is 0 Å². The molecule has 1 N–H and O–H groups in total. The number of rotatable bonds is 2. The quantitative estimate of drug-likeness (QED) is 0.620. The first kappa shape index (κ1) is 8.06. The summed E-state index contributed by atoms with van der Waals surface area (Å²) < 4.78 is 0. The Bertz CT molecular complexity index is 97.8. The van der Waals surface area contributed by atoms with Gasteiger partial charge in [0.2, 0.25) is 0 Å². The molecule has 1 aliphatic rings. The van der Waals surface area contributed by atoms with Gasteiger partial charge in [-0.25, -0.2) is 0 Å². The fourth-order valence-electron chi connectivity index (χ4n) is 1.19. The summed E-state index contributed by atoms with van der Waals surface area (Å²) in [6.45, 7) is 9.48. The van der Waals surface area contributed by atoms with Crippen molar-refractivity contribution < 1.29 is 0 Å². The lowest BCUT2D eigenvalue weighted by molar-refractivity contribution is 0.264. The summed E-state index contributed by atoms with van der Waals surface area (Å²) in [4.78, 5) is 0. The highest BCUT2D eigenvalue weighted by atomic mass is 14.9. The summed E-state index contributed by atoms with van der Waals surface area (Å²) in [7, 11) is 0.